The summed E-state index contributed by atoms with van der Waals surface area (Å²) in [6.07, 6.45) is 0.224. The minimum atomic E-state index is -0.166. The summed E-state index contributed by atoms with van der Waals surface area (Å²) in [5.41, 5.74) is 2.97. The number of aryl methyl sites for hydroxylation is 1. The lowest BCUT2D eigenvalue weighted by Crippen LogP contribution is -2.14. The van der Waals surface area contributed by atoms with Gasteiger partial charge in [0.25, 0.3) is 0 Å². The van der Waals surface area contributed by atoms with Gasteiger partial charge in [-0.15, -0.1) is 0 Å². The zero-order valence-corrected chi connectivity index (χ0v) is 16.7. The third-order valence-corrected chi connectivity index (χ3v) is 5.17. The number of anilines is 1. The van der Waals surface area contributed by atoms with Gasteiger partial charge in [-0.3, -0.25) is 9.59 Å². The first-order valence-corrected chi connectivity index (χ1v) is 9.42. The molecule has 1 N–H and O–H groups in total. The Kier molecular flexibility index (Phi) is 4.99. The van der Waals surface area contributed by atoms with E-state index in [0.29, 0.717) is 32.6 Å². The molecule has 146 valence electrons. The normalized spacial score (nSPS) is 11.0. The summed E-state index contributed by atoms with van der Waals surface area (Å²) < 4.78 is 11.0. The summed E-state index contributed by atoms with van der Waals surface area (Å²) in [7, 11) is 1.60. The Labute approximate surface area is 171 Å². The van der Waals surface area contributed by atoms with Gasteiger partial charge in [0, 0.05) is 16.8 Å². The Bertz CT molecular complexity index is 1290. The number of methoxy groups -OCH3 is 1. The average Bonchev–Trinajstić information content (AvgIpc) is 2.70. The van der Waals surface area contributed by atoms with Gasteiger partial charge in [0.1, 0.15) is 16.9 Å². The lowest BCUT2D eigenvalue weighted by atomic mass is 10.1. The van der Waals surface area contributed by atoms with E-state index in [9.17, 15) is 9.59 Å². The lowest BCUT2D eigenvalue weighted by Gasteiger charge is -2.08. The smallest absolute Gasteiger partial charge is 0.228 e. The highest BCUT2D eigenvalue weighted by Gasteiger charge is 2.12. The van der Waals surface area contributed by atoms with Crippen molar-refractivity contribution in [2.24, 2.45) is 0 Å². The van der Waals surface area contributed by atoms with Crippen LogP contribution in [-0.2, 0) is 11.2 Å². The van der Waals surface area contributed by atoms with Gasteiger partial charge >= 0.3 is 0 Å². The Morgan fingerprint density at radius 2 is 1.76 bits per heavy atom. The van der Waals surface area contributed by atoms with Crippen molar-refractivity contribution in [1.82, 2.24) is 0 Å². The van der Waals surface area contributed by atoms with Crippen LogP contribution in [0.2, 0.25) is 5.02 Å². The maximum Gasteiger partial charge on any atom is 0.228 e. The third kappa shape index (κ3) is 3.82. The van der Waals surface area contributed by atoms with Crippen LogP contribution < -0.4 is 15.5 Å². The highest BCUT2D eigenvalue weighted by molar-refractivity contribution is 6.32. The second kappa shape index (κ2) is 7.60. The summed E-state index contributed by atoms with van der Waals surface area (Å²) in [6.45, 7) is 1.85. The Morgan fingerprint density at radius 1 is 1.03 bits per heavy atom. The molecule has 0 bridgehead atoms. The van der Waals surface area contributed by atoms with Crippen molar-refractivity contribution >= 4 is 45.1 Å². The van der Waals surface area contributed by atoms with E-state index in [2.05, 4.69) is 5.32 Å². The molecule has 6 heteroatoms. The SMILES string of the molecule is COc1ccc(CC(=O)Nc2ccc3c(=O)c4cc(Cl)c(C)cc4oc3c2)cc1. The number of halogens is 1. The number of hydrogen-bond donors (Lipinski definition) is 1. The monoisotopic (exact) mass is 407 g/mol. The number of carbonyl (C=O) groups excluding carboxylic acids is 1. The summed E-state index contributed by atoms with van der Waals surface area (Å²) in [5.74, 6) is 0.572. The fourth-order valence-electron chi connectivity index (χ4n) is 3.19. The van der Waals surface area contributed by atoms with Gasteiger partial charge in [0.05, 0.1) is 24.3 Å². The number of rotatable bonds is 4. The highest BCUT2D eigenvalue weighted by Crippen LogP contribution is 2.26. The fourth-order valence-corrected chi connectivity index (χ4v) is 3.35. The van der Waals surface area contributed by atoms with Crippen molar-refractivity contribution in [2.45, 2.75) is 13.3 Å². The van der Waals surface area contributed by atoms with Crippen molar-refractivity contribution in [3.8, 4) is 5.75 Å². The van der Waals surface area contributed by atoms with Crippen molar-refractivity contribution in [3.63, 3.8) is 0 Å². The Morgan fingerprint density at radius 3 is 2.48 bits per heavy atom. The molecule has 0 atom stereocenters. The van der Waals surface area contributed by atoms with Gasteiger partial charge in [0.2, 0.25) is 11.3 Å². The van der Waals surface area contributed by atoms with Crippen LogP contribution in [0.5, 0.6) is 5.75 Å². The molecule has 0 radical (unpaired) electrons. The van der Waals surface area contributed by atoms with E-state index in [1.807, 2.05) is 31.2 Å². The molecule has 0 aliphatic heterocycles. The number of ether oxygens (including phenoxy) is 1. The zero-order chi connectivity index (χ0) is 20.5. The first kappa shape index (κ1) is 19.0. The van der Waals surface area contributed by atoms with E-state index in [4.69, 9.17) is 20.8 Å². The molecule has 1 aromatic heterocycles. The van der Waals surface area contributed by atoms with Crippen LogP contribution in [0.4, 0.5) is 5.69 Å². The summed E-state index contributed by atoms with van der Waals surface area (Å²) >= 11 is 6.14. The molecule has 0 spiro atoms. The number of fused-ring (bicyclic) bond motifs is 2. The van der Waals surface area contributed by atoms with Gasteiger partial charge in [-0.1, -0.05) is 23.7 Å². The van der Waals surface area contributed by atoms with Crippen LogP contribution in [0.1, 0.15) is 11.1 Å². The fraction of sp³-hybridized carbons (Fsp3) is 0.130. The zero-order valence-electron chi connectivity index (χ0n) is 15.9. The summed E-state index contributed by atoms with van der Waals surface area (Å²) in [6, 6.07) is 15.7. The van der Waals surface area contributed by atoms with Crippen molar-refractivity contribution in [1.29, 1.82) is 0 Å². The molecule has 1 heterocycles. The second-order valence-corrected chi connectivity index (χ2v) is 7.22. The molecule has 1 amide bonds. The molecular weight excluding hydrogens is 390 g/mol. The minimum absolute atomic E-state index is 0.153. The molecule has 0 saturated heterocycles. The number of carbonyl (C=O) groups is 1. The molecule has 0 aliphatic rings. The van der Waals surface area contributed by atoms with Gasteiger partial charge < -0.3 is 14.5 Å². The van der Waals surface area contributed by atoms with E-state index in [1.54, 1.807) is 37.4 Å². The highest BCUT2D eigenvalue weighted by atomic mass is 35.5. The maximum absolute atomic E-state index is 12.8. The second-order valence-electron chi connectivity index (χ2n) is 6.81. The lowest BCUT2D eigenvalue weighted by molar-refractivity contribution is -0.115. The van der Waals surface area contributed by atoms with Crippen LogP contribution in [-0.4, -0.2) is 13.0 Å². The quantitative estimate of drug-likeness (QED) is 0.478. The predicted molar refractivity (Wildman–Crippen MR) is 115 cm³/mol. The minimum Gasteiger partial charge on any atom is -0.497 e. The molecule has 0 saturated carbocycles. The van der Waals surface area contributed by atoms with Crippen LogP contribution in [0, 0.1) is 6.92 Å². The van der Waals surface area contributed by atoms with Crippen molar-refractivity contribution in [2.75, 3.05) is 12.4 Å². The number of amides is 1. The molecule has 0 aliphatic carbocycles. The van der Waals surface area contributed by atoms with Gasteiger partial charge in [-0.25, -0.2) is 0 Å². The Hall–Kier alpha value is -3.31. The first-order chi connectivity index (χ1) is 13.9. The van der Waals surface area contributed by atoms with E-state index < -0.39 is 0 Å². The van der Waals surface area contributed by atoms with E-state index in [0.717, 1.165) is 16.9 Å². The van der Waals surface area contributed by atoms with Crippen molar-refractivity contribution in [3.05, 3.63) is 81.0 Å². The number of nitrogens with one attached hydrogen (secondary N) is 1. The molecule has 0 fully saturated rings. The molecule has 4 rings (SSSR count). The number of hydrogen-bond acceptors (Lipinski definition) is 4. The van der Waals surface area contributed by atoms with Crippen LogP contribution in [0.25, 0.3) is 21.9 Å². The van der Waals surface area contributed by atoms with Crippen LogP contribution >= 0.6 is 11.6 Å². The maximum atomic E-state index is 12.8. The topological polar surface area (TPSA) is 68.5 Å². The molecule has 29 heavy (non-hydrogen) atoms. The van der Waals surface area contributed by atoms with Crippen LogP contribution in [0.3, 0.4) is 0 Å². The Balaban J connectivity index is 1.62. The average molecular weight is 408 g/mol. The summed E-state index contributed by atoms with van der Waals surface area (Å²) in [5, 5.41) is 4.24. The van der Waals surface area contributed by atoms with E-state index in [-0.39, 0.29) is 17.8 Å². The van der Waals surface area contributed by atoms with Gasteiger partial charge in [-0.05, 0) is 54.4 Å². The van der Waals surface area contributed by atoms with E-state index in [1.165, 1.54) is 0 Å². The largest absolute Gasteiger partial charge is 0.497 e. The van der Waals surface area contributed by atoms with Crippen LogP contribution in [0.15, 0.2) is 63.8 Å². The van der Waals surface area contributed by atoms with Gasteiger partial charge in [-0.2, -0.15) is 0 Å². The van der Waals surface area contributed by atoms with E-state index >= 15 is 0 Å². The number of benzene rings is 3. The summed E-state index contributed by atoms with van der Waals surface area (Å²) in [4.78, 5) is 25.1. The molecule has 0 unspecified atom stereocenters. The molecule has 4 aromatic rings. The molecular formula is C23H18ClNO4. The first-order valence-electron chi connectivity index (χ1n) is 9.04. The molecule has 3 aromatic carbocycles. The van der Waals surface area contributed by atoms with Crippen molar-refractivity contribution < 1.29 is 13.9 Å². The standard InChI is InChI=1S/C23H18ClNO4/c1-13-9-20-18(12-19(13)24)23(27)17-8-5-15(11-21(17)29-20)25-22(26)10-14-3-6-16(28-2)7-4-14/h3-9,11-12H,10H2,1-2H3,(H,25,26). The molecule has 5 nitrogen and oxygen atoms in total. The third-order valence-electron chi connectivity index (χ3n) is 4.76. The predicted octanol–water partition coefficient (Wildman–Crippen LogP) is 5.10. The van der Waals surface area contributed by atoms with Gasteiger partial charge in [0.15, 0.2) is 0 Å².